The molecule has 3 atom stereocenters. The van der Waals surface area contributed by atoms with Gasteiger partial charge in [0.25, 0.3) is 0 Å². The van der Waals surface area contributed by atoms with E-state index >= 15 is 0 Å². The molecule has 3 nitrogen and oxygen atoms in total. The van der Waals surface area contributed by atoms with E-state index in [-0.39, 0.29) is 30.7 Å². The van der Waals surface area contributed by atoms with Gasteiger partial charge >= 0.3 is 0 Å². The Labute approximate surface area is 170 Å². The summed E-state index contributed by atoms with van der Waals surface area (Å²) in [5.41, 5.74) is 2.03. The van der Waals surface area contributed by atoms with E-state index in [9.17, 15) is 4.79 Å². The molecule has 1 saturated carbocycles. The zero-order valence-electron chi connectivity index (χ0n) is 15.3. The first-order valence-electron chi connectivity index (χ1n) is 9.52. The molecule has 5 heteroatoms. The maximum atomic E-state index is 13.0. The average Bonchev–Trinajstić information content (AvgIpc) is 3.49. The maximum Gasteiger partial charge on any atom is 0.249 e. The topological polar surface area (TPSA) is 29.5 Å². The lowest BCUT2D eigenvalue weighted by atomic mass is 9.90. The summed E-state index contributed by atoms with van der Waals surface area (Å²) in [4.78, 5) is 15.0. The summed E-state index contributed by atoms with van der Waals surface area (Å²) < 4.78 is 6.07. The first kappa shape index (κ1) is 18.8. The number of halogens is 2. The summed E-state index contributed by atoms with van der Waals surface area (Å²) in [5, 5.41) is 1.35. The number of carbonyl (C=O) groups excluding carboxylic acids is 1. The number of nitrogens with zero attached hydrogens (tertiary/aromatic N) is 1. The van der Waals surface area contributed by atoms with E-state index in [1.54, 1.807) is 0 Å². The van der Waals surface area contributed by atoms with E-state index in [0.29, 0.717) is 16.0 Å². The predicted molar refractivity (Wildman–Crippen MR) is 108 cm³/mol. The molecule has 1 amide bonds. The lowest BCUT2D eigenvalue weighted by Gasteiger charge is -2.45. The van der Waals surface area contributed by atoms with Crippen LogP contribution < -0.4 is 0 Å². The van der Waals surface area contributed by atoms with Gasteiger partial charge < -0.3 is 9.64 Å². The van der Waals surface area contributed by atoms with E-state index in [0.717, 1.165) is 17.5 Å². The third-order valence-corrected chi connectivity index (χ3v) is 6.08. The highest BCUT2D eigenvalue weighted by atomic mass is 35.5. The normalized spacial score (nSPS) is 24.1. The first-order valence-corrected chi connectivity index (χ1v) is 10.3. The van der Waals surface area contributed by atoms with Crippen LogP contribution in [-0.4, -0.2) is 23.5 Å². The van der Waals surface area contributed by atoms with Crippen LogP contribution in [0.1, 0.15) is 49.5 Å². The van der Waals surface area contributed by atoms with Crippen molar-refractivity contribution < 1.29 is 9.53 Å². The lowest BCUT2D eigenvalue weighted by Crippen LogP contribution is -2.51. The highest BCUT2D eigenvalue weighted by Gasteiger charge is 2.45. The molecule has 27 heavy (non-hydrogen) atoms. The Hall–Kier alpha value is -1.55. The summed E-state index contributed by atoms with van der Waals surface area (Å²) in [6.07, 6.45) is 3.08. The van der Waals surface area contributed by atoms with Gasteiger partial charge in [0.15, 0.2) is 0 Å². The largest absolute Gasteiger partial charge is 0.361 e. The molecule has 0 aromatic heterocycles. The molecule has 0 spiro atoms. The van der Waals surface area contributed by atoms with Gasteiger partial charge in [-0.15, -0.1) is 0 Å². The van der Waals surface area contributed by atoms with Gasteiger partial charge in [0.05, 0.1) is 6.04 Å². The van der Waals surface area contributed by atoms with Gasteiger partial charge in [-0.2, -0.15) is 0 Å². The molecule has 1 heterocycles. The molecule has 2 aliphatic rings. The molecule has 2 aromatic rings. The van der Waals surface area contributed by atoms with Crippen LogP contribution in [0.25, 0.3) is 0 Å². The van der Waals surface area contributed by atoms with Crippen LogP contribution in [0.4, 0.5) is 0 Å². The molecular formula is C22H23Cl2NO2. The number of carbonyl (C=O) groups is 1. The van der Waals surface area contributed by atoms with Gasteiger partial charge in [0, 0.05) is 16.1 Å². The summed E-state index contributed by atoms with van der Waals surface area (Å²) >= 11 is 12.4. The van der Waals surface area contributed by atoms with Gasteiger partial charge in [-0.05, 0) is 60.6 Å². The Kier molecular flexibility index (Phi) is 5.45. The summed E-state index contributed by atoms with van der Waals surface area (Å²) in [7, 11) is 0. The Balaban J connectivity index is 1.79. The number of rotatable bonds is 5. The molecule has 0 radical (unpaired) electrons. The summed E-state index contributed by atoms with van der Waals surface area (Å²) in [6, 6.07) is 15.5. The van der Waals surface area contributed by atoms with E-state index in [1.807, 2.05) is 48.5 Å². The minimum atomic E-state index is -0.254. The van der Waals surface area contributed by atoms with E-state index in [4.69, 9.17) is 27.9 Å². The van der Waals surface area contributed by atoms with Crippen LogP contribution >= 0.6 is 23.2 Å². The van der Waals surface area contributed by atoms with Crippen molar-refractivity contribution in [2.24, 2.45) is 5.92 Å². The Bertz CT molecular complexity index is 819. The third-order valence-electron chi connectivity index (χ3n) is 5.59. The van der Waals surface area contributed by atoms with Crippen LogP contribution in [0, 0.1) is 5.92 Å². The second-order valence-electron chi connectivity index (χ2n) is 7.40. The van der Waals surface area contributed by atoms with Gasteiger partial charge in [-0.25, -0.2) is 0 Å². The second-order valence-corrected chi connectivity index (χ2v) is 8.27. The quantitative estimate of drug-likeness (QED) is 0.628. The highest BCUT2D eigenvalue weighted by molar-refractivity contribution is 6.30. The first-order chi connectivity index (χ1) is 13.1. The van der Waals surface area contributed by atoms with Crippen molar-refractivity contribution in [1.82, 2.24) is 4.90 Å². The monoisotopic (exact) mass is 403 g/mol. The van der Waals surface area contributed by atoms with Gasteiger partial charge in [0.2, 0.25) is 5.91 Å². The molecule has 2 fully saturated rings. The van der Waals surface area contributed by atoms with Crippen molar-refractivity contribution in [2.45, 2.75) is 44.4 Å². The molecule has 2 aromatic carbocycles. The smallest absolute Gasteiger partial charge is 0.249 e. The average molecular weight is 404 g/mol. The number of morpholine rings is 1. The molecule has 0 bridgehead atoms. The van der Waals surface area contributed by atoms with Crippen LogP contribution in [0.2, 0.25) is 10.0 Å². The van der Waals surface area contributed by atoms with Crippen molar-refractivity contribution in [3.63, 3.8) is 0 Å². The fraction of sp³-hybridized carbons (Fsp3) is 0.409. The fourth-order valence-corrected chi connectivity index (χ4v) is 4.54. The highest BCUT2D eigenvalue weighted by Crippen LogP contribution is 2.46. The molecule has 0 unspecified atom stereocenters. The van der Waals surface area contributed by atoms with Crippen molar-refractivity contribution >= 4 is 29.1 Å². The minimum absolute atomic E-state index is 0.0620. The van der Waals surface area contributed by atoms with Gasteiger partial charge in [0.1, 0.15) is 12.7 Å². The van der Waals surface area contributed by atoms with Crippen LogP contribution in [0.5, 0.6) is 0 Å². The van der Waals surface area contributed by atoms with Crippen molar-refractivity contribution in [1.29, 1.82) is 0 Å². The number of amides is 1. The zero-order valence-corrected chi connectivity index (χ0v) is 16.8. The Morgan fingerprint density at radius 3 is 2.44 bits per heavy atom. The van der Waals surface area contributed by atoms with Crippen molar-refractivity contribution in [3.8, 4) is 0 Å². The third kappa shape index (κ3) is 3.87. The van der Waals surface area contributed by atoms with E-state index in [2.05, 4.69) is 11.8 Å². The van der Waals surface area contributed by atoms with Crippen LogP contribution in [-0.2, 0) is 9.53 Å². The Morgan fingerprint density at radius 1 is 1.07 bits per heavy atom. The predicted octanol–water partition coefficient (Wildman–Crippen LogP) is 5.82. The molecule has 1 saturated heterocycles. The van der Waals surface area contributed by atoms with Crippen molar-refractivity contribution in [3.05, 3.63) is 69.7 Å². The van der Waals surface area contributed by atoms with Gasteiger partial charge in [-0.3, -0.25) is 4.79 Å². The van der Waals surface area contributed by atoms with E-state index < -0.39 is 0 Å². The second kappa shape index (κ2) is 7.83. The molecule has 142 valence electrons. The minimum Gasteiger partial charge on any atom is -0.361 e. The zero-order chi connectivity index (χ0) is 19.0. The SMILES string of the molecule is CC[C@H](C1CC1)N1C(=O)CO[C@@H](c2cccc(Cl)c2)[C@H]1c1ccc(Cl)cc1. The van der Waals surface area contributed by atoms with Crippen LogP contribution in [0.3, 0.4) is 0 Å². The standard InChI is InChI=1S/C22H23Cl2NO2/c1-2-19(14-6-7-14)25-20(26)13-27-22(16-4-3-5-18(24)12-16)21(25)15-8-10-17(23)11-9-15/h3-5,8-12,14,19,21-22H,2,6-7,13H2,1H3/t19-,21-,22+/m1/s1. The number of hydrogen-bond donors (Lipinski definition) is 0. The van der Waals surface area contributed by atoms with E-state index in [1.165, 1.54) is 12.8 Å². The molecular weight excluding hydrogens is 381 g/mol. The fourth-order valence-electron chi connectivity index (χ4n) is 4.21. The molecule has 4 rings (SSSR count). The number of ether oxygens (including phenoxy) is 1. The summed E-state index contributed by atoms with van der Waals surface area (Å²) in [6.45, 7) is 2.27. The van der Waals surface area contributed by atoms with Crippen molar-refractivity contribution in [2.75, 3.05) is 6.61 Å². The molecule has 1 aliphatic carbocycles. The van der Waals surface area contributed by atoms with Crippen LogP contribution in [0.15, 0.2) is 48.5 Å². The molecule has 0 N–H and O–H groups in total. The number of benzene rings is 2. The Morgan fingerprint density at radius 2 is 1.81 bits per heavy atom. The number of hydrogen-bond acceptors (Lipinski definition) is 2. The maximum absolute atomic E-state index is 13.0. The summed E-state index contributed by atoms with van der Waals surface area (Å²) in [5.74, 6) is 0.652. The lowest BCUT2D eigenvalue weighted by molar-refractivity contribution is -0.164. The van der Waals surface area contributed by atoms with Gasteiger partial charge in [-0.1, -0.05) is 54.4 Å². The molecule has 1 aliphatic heterocycles.